The Balaban J connectivity index is 2.54. The molecule has 1 fully saturated rings. The fourth-order valence-electron chi connectivity index (χ4n) is 0.964. The maximum Gasteiger partial charge on any atom is 0.0987 e. The summed E-state index contributed by atoms with van der Waals surface area (Å²) < 4.78 is 0. The molecule has 1 aliphatic heterocycles. The Kier molecular flexibility index (Phi) is 1.72. The summed E-state index contributed by atoms with van der Waals surface area (Å²) in [5.41, 5.74) is 0. The highest BCUT2D eigenvalue weighted by atomic mass is 16.5. The van der Waals surface area contributed by atoms with E-state index in [1.165, 1.54) is 0 Å². The van der Waals surface area contributed by atoms with Gasteiger partial charge in [-0.2, -0.15) is 5.06 Å². The van der Waals surface area contributed by atoms with E-state index in [4.69, 9.17) is 15.4 Å². The molecular weight excluding hydrogens is 122 g/mol. The Morgan fingerprint density at radius 2 is 2.00 bits per heavy atom. The fraction of sp³-hybridized carbons (Fsp3) is 1.00. The maximum absolute atomic E-state index is 8.98. The molecular formula is C5H11NO3. The molecule has 54 valence electrons. The lowest BCUT2D eigenvalue weighted by Gasteiger charge is -2.13. The predicted octanol–water partition coefficient (Wildman–Crippen LogP) is -1.20. The second-order valence-corrected chi connectivity index (χ2v) is 2.42. The quantitative estimate of drug-likeness (QED) is 0.388. The van der Waals surface area contributed by atoms with Gasteiger partial charge in [0.25, 0.3) is 0 Å². The highest BCUT2D eigenvalue weighted by Crippen LogP contribution is 2.14. The Bertz CT molecular complexity index is 96.4. The molecule has 0 spiro atoms. The van der Waals surface area contributed by atoms with Crippen molar-refractivity contribution >= 4 is 0 Å². The number of hydroxylamine groups is 2. The van der Waals surface area contributed by atoms with Crippen LogP contribution in [0.5, 0.6) is 0 Å². The zero-order valence-corrected chi connectivity index (χ0v) is 5.23. The molecule has 0 aliphatic carbocycles. The van der Waals surface area contributed by atoms with Crippen LogP contribution < -0.4 is 0 Å². The molecule has 1 heterocycles. The maximum atomic E-state index is 8.98. The monoisotopic (exact) mass is 133 g/mol. The van der Waals surface area contributed by atoms with E-state index >= 15 is 0 Å². The minimum absolute atomic E-state index is 0.141. The van der Waals surface area contributed by atoms with E-state index in [1.807, 2.05) is 0 Å². The lowest BCUT2D eigenvalue weighted by Crippen LogP contribution is -2.30. The summed E-state index contributed by atoms with van der Waals surface area (Å²) in [6.45, 7) is 1.79. The topological polar surface area (TPSA) is 63.9 Å². The van der Waals surface area contributed by atoms with Gasteiger partial charge >= 0.3 is 0 Å². The molecule has 9 heavy (non-hydrogen) atoms. The van der Waals surface area contributed by atoms with Crippen molar-refractivity contribution in [1.29, 1.82) is 0 Å². The van der Waals surface area contributed by atoms with Gasteiger partial charge in [-0.1, -0.05) is 0 Å². The molecule has 3 atom stereocenters. The standard InChI is InChI=1S/C5H11NO3/c1-3-5(8)4(7)2-6(3)9/h3-5,7-9H,2H2,1H3/t3-,4+,5-/m1/s1. The summed E-state index contributed by atoms with van der Waals surface area (Å²) in [4.78, 5) is 0. The Morgan fingerprint density at radius 3 is 2.11 bits per heavy atom. The van der Waals surface area contributed by atoms with Gasteiger partial charge in [0, 0.05) is 0 Å². The van der Waals surface area contributed by atoms with Crippen LogP contribution in [0.1, 0.15) is 6.92 Å². The average molecular weight is 133 g/mol. The number of hydrogen-bond donors (Lipinski definition) is 3. The van der Waals surface area contributed by atoms with Gasteiger partial charge in [0.2, 0.25) is 0 Å². The van der Waals surface area contributed by atoms with E-state index < -0.39 is 12.2 Å². The third-order valence-electron chi connectivity index (χ3n) is 1.73. The molecule has 0 amide bonds. The number of aliphatic hydroxyl groups is 2. The van der Waals surface area contributed by atoms with Gasteiger partial charge in [-0.25, -0.2) is 0 Å². The number of hydrogen-bond acceptors (Lipinski definition) is 4. The first-order valence-electron chi connectivity index (χ1n) is 2.94. The zero-order chi connectivity index (χ0) is 7.02. The minimum atomic E-state index is -0.810. The van der Waals surface area contributed by atoms with Crippen LogP contribution in [-0.2, 0) is 0 Å². The van der Waals surface area contributed by atoms with Crippen molar-refractivity contribution in [1.82, 2.24) is 5.06 Å². The van der Waals surface area contributed by atoms with E-state index in [2.05, 4.69) is 0 Å². The zero-order valence-electron chi connectivity index (χ0n) is 5.23. The van der Waals surface area contributed by atoms with Crippen molar-refractivity contribution in [3.8, 4) is 0 Å². The third-order valence-corrected chi connectivity index (χ3v) is 1.73. The fourth-order valence-corrected chi connectivity index (χ4v) is 0.964. The van der Waals surface area contributed by atoms with E-state index in [9.17, 15) is 0 Å². The van der Waals surface area contributed by atoms with Crippen molar-refractivity contribution in [2.75, 3.05) is 6.54 Å². The second-order valence-electron chi connectivity index (χ2n) is 2.42. The molecule has 0 aromatic rings. The normalized spacial score (nSPS) is 46.0. The molecule has 1 saturated heterocycles. The van der Waals surface area contributed by atoms with Crippen LogP contribution in [0.2, 0.25) is 0 Å². The number of nitrogens with zero attached hydrogens (tertiary/aromatic N) is 1. The van der Waals surface area contributed by atoms with Gasteiger partial charge in [0.05, 0.1) is 24.8 Å². The van der Waals surface area contributed by atoms with Crippen LogP contribution in [0.25, 0.3) is 0 Å². The number of β-amino-alcohol motifs (C(OH)–C–C–N with tert-alkyl or cyclic N) is 1. The van der Waals surface area contributed by atoms with E-state index in [-0.39, 0.29) is 12.6 Å². The van der Waals surface area contributed by atoms with Gasteiger partial charge < -0.3 is 15.4 Å². The lowest BCUT2D eigenvalue weighted by atomic mass is 10.2. The van der Waals surface area contributed by atoms with Gasteiger partial charge in [0.15, 0.2) is 0 Å². The van der Waals surface area contributed by atoms with Crippen molar-refractivity contribution in [3.63, 3.8) is 0 Å². The summed E-state index contributed by atoms with van der Waals surface area (Å²) in [6, 6.07) is -0.347. The minimum Gasteiger partial charge on any atom is -0.389 e. The van der Waals surface area contributed by atoms with E-state index in [0.29, 0.717) is 0 Å². The highest BCUT2D eigenvalue weighted by molar-refractivity contribution is 4.86. The van der Waals surface area contributed by atoms with Crippen LogP contribution in [-0.4, -0.2) is 45.3 Å². The van der Waals surface area contributed by atoms with Gasteiger partial charge in [-0.15, -0.1) is 0 Å². The van der Waals surface area contributed by atoms with Crippen molar-refractivity contribution < 1.29 is 15.4 Å². The van der Waals surface area contributed by atoms with Gasteiger partial charge in [-0.3, -0.25) is 0 Å². The Labute approximate surface area is 53.3 Å². The smallest absolute Gasteiger partial charge is 0.0987 e. The molecule has 0 radical (unpaired) electrons. The van der Waals surface area contributed by atoms with Crippen LogP contribution in [0.4, 0.5) is 0 Å². The third kappa shape index (κ3) is 1.07. The van der Waals surface area contributed by atoms with E-state index in [1.54, 1.807) is 6.92 Å². The summed E-state index contributed by atoms with van der Waals surface area (Å²) in [6.07, 6.45) is -1.61. The molecule has 0 saturated carbocycles. The molecule has 1 aliphatic rings. The first-order chi connectivity index (χ1) is 4.13. The lowest BCUT2D eigenvalue weighted by molar-refractivity contribution is -0.110. The molecule has 0 aromatic carbocycles. The molecule has 1 rings (SSSR count). The van der Waals surface area contributed by atoms with Crippen molar-refractivity contribution in [3.05, 3.63) is 0 Å². The van der Waals surface area contributed by atoms with Crippen LogP contribution in [0.3, 0.4) is 0 Å². The van der Waals surface area contributed by atoms with Crippen molar-refractivity contribution in [2.45, 2.75) is 25.2 Å². The van der Waals surface area contributed by atoms with E-state index in [0.717, 1.165) is 5.06 Å². The van der Waals surface area contributed by atoms with Crippen LogP contribution in [0.15, 0.2) is 0 Å². The molecule has 0 bridgehead atoms. The first-order valence-corrected chi connectivity index (χ1v) is 2.94. The summed E-state index contributed by atoms with van der Waals surface area (Å²) in [5, 5.41) is 27.7. The molecule has 0 aromatic heterocycles. The highest BCUT2D eigenvalue weighted by Gasteiger charge is 2.35. The van der Waals surface area contributed by atoms with Crippen molar-refractivity contribution in [2.24, 2.45) is 0 Å². The SMILES string of the molecule is C[C@@H]1[C@@H](O)[C@@H](O)CN1O. The summed E-state index contributed by atoms with van der Waals surface area (Å²) in [7, 11) is 0. The molecule has 4 nitrogen and oxygen atoms in total. The van der Waals surface area contributed by atoms with Crippen LogP contribution >= 0.6 is 0 Å². The molecule has 0 unspecified atom stereocenters. The number of rotatable bonds is 0. The first kappa shape index (κ1) is 6.95. The van der Waals surface area contributed by atoms with Crippen LogP contribution in [0, 0.1) is 0 Å². The van der Waals surface area contributed by atoms with Gasteiger partial charge in [-0.05, 0) is 6.92 Å². The predicted molar refractivity (Wildman–Crippen MR) is 30.0 cm³/mol. The largest absolute Gasteiger partial charge is 0.389 e. The Morgan fingerprint density at radius 1 is 1.44 bits per heavy atom. The molecule has 4 heteroatoms. The summed E-state index contributed by atoms with van der Waals surface area (Å²) >= 11 is 0. The second kappa shape index (κ2) is 2.22. The Hall–Kier alpha value is -0.160. The molecule has 3 N–H and O–H groups in total. The number of aliphatic hydroxyl groups excluding tert-OH is 2. The van der Waals surface area contributed by atoms with Gasteiger partial charge in [0.1, 0.15) is 0 Å². The average Bonchev–Trinajstić information content (AvgIpc) is 1.98. The summed E-state index contributed by atoms with van der Waals surface area (Å²) in [5.74, 6) is 0.